The Morgan fingerprint density at radius 3 is 2.53 bits per heavy atom. The van der Waals surface area contributed by atoms with Crippen molar-refractivity contribution in [2.24, 2.45) is 11.7 Å². The Kier molecular flexibility index (Phi) is 3.09. The molecule has 0 radical (unpaired) electrons. The molecule has 0 aromatic rings. The van der Waals surface area contributed by atoms with Gasteiger partial charge in [-0.05, 0) is 44.9 Å². The van der Waals surface area contributed by atoms with E-state index in [2.05, 4.69) is 19.2 Å². The highest BCUT2D eigenvalue weighted by atomic mass is 15.0. The predicted octanol–water partition coefficient (Wildman–Crippen LogP) is 2.43. The molecule has 0 amide bonds. The molecule has 15 heavy (non-hydrogen) atoms. The first kappa shape index (κ1) is 11.4. The fourth-order valence-electron chi connectivity index (χ4n) is 3.13. The molecule has 0 heterocycles. The summed E-state index contributed by atoms with van der Waals surface area (Å²) in [6.07, 6.45) is 9.15. The topological polar surface area (TPSA) is 38.0 Å². The molecule has 2 saturated carbocycles. The van der Waals surface area contributed by atoms with Gasteiger partial charge in [0.15, 0.2) is 0 Å². The van der Waals surface area contributed by atoms with Gasteiger partial charge >= 0.3 is 0 Å². The second kappa shape index (κ2) is 4.06. The quantitative estimate of drug-likeness (QED) is 0.751. The van der Waals surface area contributed by atoms with Gasteiger partial charge in [-0.15, -0.1) is 0 Å². The van der Waals surface area contributed by atoms with Gasteiger partial charge in [0.05, 0.1) is 0 Å². The molecule has 2 nitrogen and oxygen atoms in total. The molecule has 3 N–H and O–H groups in total. The summed E-state index contributed by atoms with van der Waals surface area (Å²) in [6, 6.07) is 0. The van der Waals surface area contributed by atoms with Crippen molar-refractivity contribution in [3.8, 4) is 0 Å². The zero-order chi connectivity index (χ0) is 10.9. The normalized spacial score (nSPS) is 39.8. The monoisotopic (exact) mass is 210 g/mol. The Balaban J connectivity index is 1.81. The average Bonchev–Trinajstić information content (AvgIpc) is 2.11. The second-order valence-electron chi connectivity index (χ2n) is 6.33. The van der Waals surface area contributed by atoms with E-state index in [0.717, 1.165) is 12.5 Å². The Bertz CT molecular complexity index is 223. The van der Waals surface area contributed by atoms with Crippen LogP contribution in [0.15, 0.2) is 0 Å². The Hall–Kier alpha value is -0.0800. The smallest absolute Gasteiger partial charge is 0.0283 e. The number of nitrogens with two attached hydrogens (primary N) is 1. The summed E-state index contributed by atoms with van der Waals surface area (Å²) < 4.78 is 0. The average molecular weight is 210 g/mol. The lowest BCUT2D eigenvalue weighted by Gasteiger charge is -2.44. The maximum Gasteiger partial charge on any atom is 0.0283 e. The highest BCUT2D eigenvalue weighted by Crippen LogP contribution is 2.34. The minimum atomic E-state index is 0.0796. The number of nitrogens with one attached hydrogen (secondary N) is 1. The fourth-order valence-corrected chi connectivity index (χ4v) is 3.13. The Labute approximate surface area is 94.0 Å². The van der Waals surface area contributed by atoms with Crippen molar-refractivity contribution in [2.75, 3.05) is 6.54 Å². The van der Waals surface area contributed by atoms with Gasteiger partial charge in [0.25, 0.3) is 0 Å². The van der Waals surface area contributed by atoms with E-state index in [0.29, 0.717) is 5.54 Å². The van der Waals surface area contributed by atoms with Gasteiger partial charge < -0.3 is 11.1 Å². The SMILES string of the molecule is CC1CCCC(N)(CNC2(C)CCC2)C1. The van der Waals surface area contributed by atoms with Crippen LogP contribution in [0.2, 0.25) is 0 Å². The molecule has 0 aromatic heterocycles. The lowest BCUT2D eigenvalue weighted by atomic mass is 9.74. The molecular weight excluding hydrogens is 184 g/mol. The molecule has 2 heteroatoms. The van der Waals surface area contributed by atoms with Crippen molar-refractivity contribution in [3.63, 3.8) is 0 Å². The zero-order valence-electron chi connectivity index (χ0n) is 10.3. The third kappa shape index (κ3) is 2.73. The van der Waals surface area contributed by atoms with E-state index in [9.17, 15) is 0 Å². The van der Waals surface area contributed by atoms with Gasteiger partial charge in [0, 0.05) is 17.6 Å². The van der Waals surface area contributed by atoms with Crippen LogP contribution in [0.3, 0.4) is 0 Å². The molecule has 0 aromatic carbocycles. The van der Waals surface area contributed by atoms with E-state index in [1.165, 1.54) is 44.9 Å². The second-order valence-corrected chi connectivity index (χ2v) is 6.33. The molecule has 2 rings (SSSR count). The van der Waals surface area contributed by atoms with E-state index in [-0.39, 0.29) is 5.54 Å². The van der Waals surface area contributed by atoms with Crippen LogP contribution >= 0.6 is 0 Å². The molecule has 2 fully saturated rings. The molecule has 0 saturated heterocycles. The van der Waals surface area contributed by atoms with Gasteiger partial charge in [-0.3, -0.25) is 0 Å². The minimum absolute atomic E-state index is 0.0796. The first-order valence-corrected chi connectivity index (χ1v) is 6.55. The predicted molar refractivity (Wildman–Crippen MR) is 64.8 cm³/mol. The van der Waals surface area contributed by atoms with Crippen LogP contribution in [-0.2, 0) is 0 Å². The van der Waals surface area contributed by atoms with Gasteiger partial charge in [-0.25, -0.2) is 0 Å². The highest BCUT2D eigenvalue weighted by molar-refractivity contribution is 4.97. The van der Waals surface area contributed by atoms with E-state index >= 15 is 0 Å². The van der Waals surface area contributed by atoms with Crippen molar-refractivity contribution in [1.82, 2.24) is 5.32 Å². The molecule has 2 aliphatic carbocycles. The summed E-state index contributed by atoms with van der Waals surface area (Å²) in [7, 11) is 0. The van der Waals surface area contributed by atoms with Crippen molar-refractivity contribution in [3.05, 3.63) is 0 Å². The van der Waals surface area contributed by atoms with Crippen molar-refractivity contribution >= 4 is 0 Å². The van der Waals surface area contributed by atoms with Gasteiger partial charge in [0.2, 0.25) is 0 Å². The number of hydrogen-bond acceptors (Lipinski definition) is 2. The van der Waals surface area contributed by atoms with Crippen molar-refractivity contribution in [1.29, 1.82) is 0 Å². The number of hydrogen-bond donors (Lipinski definition) is 2. The molecule has 2 unspecified atom stereocenters. The zero-order valence-corrected chi connectivity index (χ0v) is 10.3. The highest BCUT2D eigenvalue weighted by Gasteiger charge is 2.36. The van der Waals surface area contributed by atoms with E-state index in [1.54, 1.807) is 0 Å². The standard InChI is InChI=1S/C13H26N2/c1-11-5-3-8-13(14,9-11)10-15-12(2)6-4-7-12/h11,15H,3-10,14H2,1-2H3. The lowest BCUT2D eigenvalue weighted by molar-refractivity contribution is 0.161. The maximum atomic E-state index is 6.47. The molecule has 2 atom stereocenters. The van der Waals surface area contributed by atoms with Crippen LogP contribution in [0.1, 0.15) is 58.8 Å². The summed E-state index contributed by atoms with van der Waals surface area (Å²) in [4.78, 5) is 0. The van der Waals surface area contributed by atoms with Crippen molar-refractivity contribution < 1.29 is 0 Å². The van der Waals surface area contributed by atoms with E-state index < -0.39 is 0 Å². The van der Waals surface area contributed by atoms with E-state index in [1.807, 2.05) is 0 Å². The number of rotatable bonds is 3. The summed E-state index contributed by atoms with van der Waals surface area (Å²) in [5.41, 5.74) is 6.96. The van der Waals surface area contributed by atoms with Crippen LogP contribution in [0.5, 0.6) is 0 Å². The van der Waals surface area contributed by atoms with Crippen LogP contribution in [0.4, 0.5) is 0 Å². The molecule has 0 aliphatic heterocycles. The molecule has 88 valence electrons. The van der Waals surface area contributed by atoms with Crippen LogP contribution in [0, 0.1) is 5.92 Å². The van der Waals surface area contributed by atoms with Crippen molar-refractivity contribution in [2.45, 2.75) is 69.9 Å². The van der Waals surface area contributed by atoms with Crippen LogP contribution in [-0.4, -0.2) is 17.6 Å². The maximum absolute atomic E-state index is 6.47. The Morgan fingerprint density at radius 2 is 2.00 bits per heavy atom. The lowest BCUT2D eigenvalue weighted by Crippen LogP contribution is -2.58. The van der Waals surface area contributed by atoms with Gasteiger partial charge in [0.1, 0.15) is 0 Å². The summed E-state index contributed by atoms with van der Waals surface area (Å²) >= 11 is 0. The molecule has 0 bridgehead atoms. The Morgan fingerprint density at radius 1 is 1.27 bits per heavy atom. The summed E-state index contributed by atoms with van der Waals surface area (Å²) in [6.45, 7) is 5.70. The van der Waals surface area contributed by atoms with Crippen LogP contribution in [0.25, 0.3) is 0 Å². The van der Waals surface area contributed by atoms with Gasteiger partial charge in [-0.1, -0.05) is 19.8 Å². The summed E-state index contributed by atoms with van der Waals surface area (Å²) in [5.74, 6) is 0.819. The van der Waals surface area contributed by atoms with Gasteiger partial charge in [-0.2, -0.15) is 0 Å². The minimum Gasteiger partial charge on any atom is -0.324 e. The first-order chi connectivity index (χ1) is 7.02. The summed E-state index contributed by atoms with van der Waals surface area (Å²) in [5, 5.41) is 3.70. The molecule has 2 aliphatic rings. The third-order valence-electron chi connectivity index (χ3n) is 4.45. The molecule has 0 spiro atoms. The largest absolute Gasteiger partial charge is 0.324 e. The fraction of sp³-hybridized carbons (Fsp3) is 1.00. The van der Waals surface area contributed by atoms with E-state index in [4.69, 9.17) is 5.73 Å². The molecular formula is C13H26N2. The first-order valence-electron chi connectivity index (χ1n) is 6.55. The van der Waals surface area contributed by atoms with Crippen LogP contribution < -0.4 is 11.1 Å². The third-order valence-corrected chi connectivity index (χ3v) is 4.45.